The van der Waals surface area contributed by atoms with Crippen LogP contribution in [0.3, 0.4) is 0 Å². The number of methoxy groups -OCH3 is 1. The lowest BCUT2D eigenvalue weighted by atomic mass is 10.00. The van der Waals surface area contributed by atoms with Crippen LogP contribution in [0.1, 0.15) is 11.1 Å². The third-order valence-electron chi connectivity index (χ3n) is 3.05. The minimum Gasteiger partial charge on any atom is -0.495 e. The maximum atomic E-state index is 12.9. The zero-order chi connectivity index (χ0) is 16.5. The van der Waals surface area contributed by atoms with Gasteiger partial charge in [-0.1, -0.05) is 24.3 Å². The second kappa shape index (κ2) is 5.55. The smallest absolute Gasteiger partial charge is 0.419 e. The van der Waals surface area contributed by atoms with E-state index in [-0.39, 0.29) is 11.1 Å². The Bertz CT molecular complexity index is 655. The number of hydrogen-bond donors (Lipinski definition) is 0. The molecule has 2 rings (SSSR count). The van der Waals surface area contributed by atoms with Gasteiger partial charge in [0.15, 0.2) is 0 Å². The van der Waals surface area contributed by atoms with Crippen molar-refractivity contribution in [3.8, 4) is 16.9 Å². The Morgan fingerprint density at radius 1 is 0.773 bits per heavy atom. The van der Waals surface area contributed by atoms with Gasteiger partial charge >= 0.3 is 12.4 Å². The van der Waals surface area contributed by atoms with Crippen LogP contribution in [-0.2, 0) is 12.4 Å². The van der Waals surface area contributed by atoms with E-state index in [1.807, 2.05) is 0 Å². The van der Waals surface area contributed by atoms with Crippen LogP contribution in [0.25, 0.3) is 11.1 Å². The molecule has 0 unspecified atom stereocenters. The van der Waals surface area contributed by atoms with Crippen LogP contribution >= 0.6 is 0 Å². The summed E-state index contributed by atoms with van der Waals surface area (Å²) in [6, 6.07) is 7.24. The number of benzene rings is 2. The average Bonchev–Trinajstić information content (AvgIpc) is 2.44. The van der Waals surface area contributed by atoms with Crippen molar-refractivity contribution in [2.75, 3.05) is 7.11 Å². The molecule has 0 amide bonds. The fourth-order valence-corrected chi connectivity index (χ4v) is 2.05. The molecule has 0 N–H and O–H groups in total. The quantitative estimate of drug-likeness (QED) is 0.673. The van der Waals surface area contributed by atoms with E-state index in [1.165, 1.54) is 12.1 Å². The zero-order valence-corrected chi connectivity index (χ0v) is 11.2. The topological polar surface area (TPSA) is 9.23 Å². The lowest BCUT2D eigenvalue weighted by Crippen LogP contribution is -2.08. The van der Waals surface area contributed by atoms with E-state index in [4.69, 9.17) is 4.74 Å². The lowest BCUT2D eigenvalue weighted by molar-refractivity contribution is -0.139. The molecule has 0 bridgehead atoms. The highest BCUT2D eigenvalue weighted by atomic mass is 19.4. The van der Waals surface area contributed by atoms with Gasteiger partial charge in [0.05, 0.1) is 18.2 Å². The van der Waals surface area contributed by atoms with Crippen LogP contribution in [0, 0.1) is 0 Å². The van der Waals surface area contributed by atoms with Crippen molar-refractivity contribution in [1.29, 1.82) is 0 Å². The van der Waals surface area contributed by atoms with Crippen molar-refractivity contribution in [1.82, 2.24) is 0 Å². The molecule has 2 aromatic rings. The zero-order valence-electron chi connectivity index (χ0n) is 11.2. The van der Waals surface area contributed by atoms with Crippen LogP contribution < -0.4 is 4.74 Å². The second-order valence-corrected chi connectivity index (χ2v) is 4.46. The summed E-state index contributed by atoms with van der Waals surface area (Å²) in [6.45, 7) is 0. The Labute approximate surface area is 122 Å². The van der Waals surface area contributed by atoms with E-state index >= 15 is 0 Å². The minimum absolute atomic E-state index is 0.0750. The summed E-state index contributed by atoms with van der Waals surface area (Å²) in [6.07, 6.45) is -9.12. The van der Waals surface area contributed by atoms with Crippen molar-refractivity contribution in [2.45, 2.75) is 12.4 Å². The number of alkyl halides is 6. The first-order valence-corrected chi connectivity index (χ1v) is 6.06. The molecular formula is C15H10F6O. The summed E-state index contributed by atoms with van der Waals surface area (Å²) in [7, 11) is 1.08. The lowest BCUT2D eigenvalue weighted by Gasteiger charge is -2.16. The molecule has 22 heavy (non-hydrogen) atoms. The molecule has 0 radical (unpaired) electrons. The van der Waals surface area contributed by atoms with Gasteiger partial charge in [-0.25, -0.2) is 0 Å². The molecule has 1 nitrogen and oxygen atoms in total. The third-order valence-corrected chi connectivity index (χ3v) is 3.05. The molecule has 118 valence electrons. The van der Waals surface area contributed by atoms with Gasteiger partial charge in [0, 0.05) is 5.56 Å². The van der Waals surface area contributed by atoms with Gasteiger partial charge in [0.25, 0.3) is 0 Å². The fraction of sp³-hybridized carbons (Fsp3) is 0.200. The van der Waals surface area contributed by atoms with Crippen molar-refractivity contribution < 1.29 is 31.1 Å². The van der Waals surface area contributed by atoms with Crippen molar-refractivity contribution in [3.05, 3.63) is 53.6 Å². The predicted molar refractivity (Wildman–Crippen MR) is 68.4 cm³/mol. The molecule has 0 spiro atoms. The molecule has 2 aromatic carbocycles. The van der Waals surface area contributed by atoms with Crippen LogP contribution in [0.15, 0.2) is 42.5 Å². The van der Waals surface area contributed by atoms with Crippen LogP contribution in [0.4, 0.5) is 26.3 Å². The molecule has 0 aliphatic heterocycles. The number of para-hydroxylation sites is 1. The van der Waals surface area contributed by atoms with Gasteiger partial charge in [-0.2, -0.15) is 26.3 Å². The molecule has 0 aromatic heterocycles. The van der Waals surface area contributed by atoms with E-state index in [0.717, 1.165) is 37.4 Å². The Kier molecular flexibility index (Phi) is 4.08. The summed E-state index contributed by atoms with van der Waals surface area (Å²) in [5.74, 6) is -0.422. The predicted octanol–water partition coefficient (Wildman–Crippen LogP) is 5.40. The summed E-state index contributed by atoms with van der Waals surface area (Å²) in [5.41, 5.74) is -1.57. The first-order valence-electron chi connectivity index (χ1n) is 6.06. The first-order chi connectivity index (χ1) is 10.1. The van der Waals surface area contributed by atoms with Gasteiger partial charge in [-0.15, -0.1) is 0 Å². The van der Waals surface area contributed by atoms with E-state index in [0.29, 0.717) is 0 Å². The molecule has 0 atom stereocenters. The monoisotopic (exact) mass is 320 g/mol. The summed E-state index contributed by atoms with van der Waals surface area (Å²) in [5, 5.41) is 0. The van der Waals surface area contributed by atoms with Crippen molar-refractivity contribution >= 4 is 0 Å². The van der Waals surface area contributed by atoms with Crippen LogP contribution in [0.5, 0.6) is 5.75 Å². The highest BCUT2D eigenvalue weighted by Gasteiger charge is 2.35. The molecule has 0 aliphatic rings. The molecule has 0 heterocycles. The molecule has 0 saturated carbocycles. The normalized spacial score (nSPS) is 12.3. The number of hydrogen-bond acceptors (Lipinski definition) is 1. The maximum Gasteiger partial charge on any atom is 0.419 e. The van der Waals surface area contributed by atoms with Crippen molar-refractivity contribution in [2.24, 2.45) is 0 Å². The number of ether oxygens (including phenoxy) is 1. The summed E-state index contributed by atoms with van der Waals surface area (Å²) >= 11 is 0. The Balaban J connectivity index is 2.54. The van der Waals surface area contributed by atoms with E-state index in [9.17, 15) is 26.3 Å². The Hall–Kier alpha value is -2.18. The van der Waals surface area contributed by atoms with E-state index in [1.54, 1.807) is 0 Å². The van der Waals surface area contributed by atoms with E-state index in [2.05, 4.69) is 0 Å². The van der Waals surface area contributed by atoms with Gasteiger partial charge in [-0.05, 0) is 23.8 Å². The van der Waals surface area contributed by atoms with Crippen LogP contribution in [-0.4, -0.2) is 7.11 Å². The van der Waals surface area contributed by atoms with Gasteiger partial charge < -0.3 is 4.74 Å². The standard InChI is InChI=1S/C15H10F6O/c1-22-13-11(3-2-4-12(13)15(19,20)21)9-5-7-10(8-6-9)14(16,17)18/h2-8H,1H3. The molecular weight excluding hydrogens is 310 g/mol. The second-order valence-electron chi connectivity index (χ2n) is 4.46. The number of rotatable bonds is 2. The molecule has 0 fully saturated rings. The Morgan fingerprint density at radius 2 is 1.36 bits per heavy atom. The Morgan fingerprint density at radius 3 is 1.82 bits per heavy atom. The maximum absolute atomic E-state index is 12.9. The van der Waals surface area contributed by atoms with Gasteiger partial charge in [-0.3, -0.25) is 0 Å². The van der Waals surface area contributed by atoms with Crippen LogP contribution in [0.2, 0.25) is 0 Å². The average molecular weight is 320 g/mol. The highest BCUT2D eigenvalue weighted by Crippen LogP contribution is 2.42. The highest BCUT2D eigenvalue weighted by molar-refractivity contribution is 5.72. The summed E-state index contributed by atoms with van der Waals surface area (Å²) in [4.78, 5) is 0. The van der Waals surface area contributed by atoms with Gasteiger partial charge in [0.1, 0.15) is 5.75 Å². The van der Waals surface area contributed by atoms with Crippen molar-refractivity contribution in [3.63, 3.8) is 0 Å². The fourth-order valence-electron chi connectivity index (χ4n) is 2.05. The summed E-state index contributed by atoms with van der Waals surface area (Å²) < 4.78 is 81.1. The largest absolute Gasteiger partial charge is 0.495 e. The van der Waals surface area contributed by atoms with Gasteiger partial charge in [0.2, 0.25) is 0 Å². The third kappa shape index (κ3) is 3.18. The minimum atomic E-state index is -4.62. The van der Waals surface area contributed by atoms with E-state index < -0.39 is 29.2 Å². The molecule has 7 heteroatoms. The molecule has 0 saturated heterocycles. The SMILES string of the molecule is COc1c(-c2ccc(C(F)(F)F)cc2)cccc1C(F)(F)F. The molecule has 0 aliphatic carbocycles. The first kappa shape index (κ1) is 16.2. The number of halogens is 6.